The number of carbonyl (C=O) groups is 1. The molecule has 25 heavy (non-hydrogen) atoms. The molecule has 1 aromatic heterocycles. The standard InChI is InChI=1S/C19H23N3O3/c1-2-3-4-7-12-21-18(24)16-17(23)14-9-5-6-10-15(14)22(19(16)25)13-8-11-20/h5-6,9-10,23H,2-4,7-8,12-13H2,1H3,(H,21,24). The van der Waals surface area contributed by atoms with E-state index in [0.717, 1.165) is 25.7 Å². The average Bonchev–Trinajstić information content (AvgIpc) is 2.61. The van der Waals surface area contributed by atoms with Gasteiger partial charge in [-0.2, -0.15) is 5.26 Å². The second-order valence-corrected chi connectivity index (χ2v) is 5.92. The van der Waals surface area contributed by atoms with E-state index in [-0.39, 0.29) is 24.3 Å². The van der Waals surface area contributed by atoms with E-state index in [0.29, 0.717) is 17.4 Å². The van der Waals surface area contributed by atoms with Crippen LogP contribution in [0.25, 0.3) is 10.9 Å². The molecule has 1 amide bonds. The normalized spacial score (nSPS) is 10.6. The van der Waals surface area contributed by atoms with Crippen LogP contribution in [0.2, 0.25) is 0 Å². The van der Waals surface area contributed by atoms with Crippen LogP contribution in [0.1, 0.15) is 49.4 Å². The number of nitrogens with zero attached hydrogens (tertiary/aromatic N) is 2. The summed E-state index contributed by atoms with van der Waals surface area (Å²) >= 11 is 0. The molecule has 0 unspecified atom stereocenters. The van der Waals surface area contributed by atoms with Crippen molar-refractivity contribution in [3.05, 3.63) is 40.2 Å². The molecular weight excluding hydrogens is 318 g/mol. The third kappa shape index (κ3) is 4.18. The van der Waals surface area contributed by atoms with Crippen molar-refractivity contribution >= 4 is 16.8 Å². The first-order valence-corrected chi connectivity index (χ1v) is 8.61. The van der Waals surface area contributed by atoms with E-state index in [2.05, 4.69) is 12.2 Å². The van der Waals surface area contributed by atoms with Gasteiger partial charge in [0.05, 0.1) is 18.0 Å². The molecule has 0 bridgehead atoms. The zero-order chi connectivity index (χ0) is 18.2. The topological polar surface area (TPSA) is 95.1 Å². The third-order valence-electron chi connectivity index (χ3n) is 4.14. The fraction of sp³-hybridized carbons (Fsp3) is 0.421. The molecule has 2 aromatic rings. The highest BCUT2D eigenvalue weighted by molar-refractivity contribution is 6.02. The lowest BCUT2D eigenvalue weighted by molar-refractivity contribution is 0.0948. The summed E-state index contributed by atoms with van der Waals surface area (Å²) in [6.07, 6.45) is 4.18. The van der Waals surface area contributed by atoms with Crippen molar-refractivity contribution in [2.24, 2.45) is 0 Å². The molecule has 0 fully saturated rings. The Morgan fingerprint density at radius 1 is 1.28 bits per heavy atom. The van der Waals surface area contributed by atoms with Crippen LogP contribution in [-0.4, -0.2) is 22.1 Å². The number of pyridine rings is 1. The van der Waals surface area contributed by atoms with Gasteiger partial charge in [0.25, 0.3) is 11.5 Å². The summed E-state index contributed by atoms with van der Waals surface area (Å²) in [6.45, 7) is 2.74. The first kappa shape index (κ1) is 18.5. The van der Waals surface area contributed by atoms with E-state index >= 15 is 0 Å². The monoisotopic (exact) mass is 341 g/mol. The van der Waals surface area contributed by atoms with Gasteiger partial charge in [-0.25, -0.2) is 0 Å². The Kier molecular flexibility index (Phi) is 6.58. The molecule has 6 heteroatoms. The van der Waals surface area contributed by atoms with Crippen LogP contribution < -0.4 is 10.9 Å². The van der Waals surface area contributed by atoms with E-state index in [9.17, 15) is 14.7 Å². The second kappa shape index (κ2) is 8.88. The van der Waals surface area contributed by atoms with Crippen LogP contribution in [0, 0.1) is 11.3 Å². The molecular formula is C19H23N3O3. The Morgan fingerprint density at radius 2 is 2.04 bits per heavy atom. The minimum atomic E-state index is -0.574. The first-order valence-electron chi connectivity index (χ1n) is 8.61. The molecule has 1 aromatic carbocycles. The quantitative estimate of drug-likeness (QED) is 0.722. The summed E-state index contributed by atoms with van der Waals surface area (Å²) in [5, 5.41) is 22.4. The largest absolute Gasteiger partial charge is 0.506 e. The number of amides is 1. The number of nitriles is 1. The summed E-state index contributed by atoms with van der Waals surface area (Å²) in [4.78, 5) is 25.2. The van der Waals surface area contributed by atoms with E-state index in [1.807, 2.05) is 6.07 Å². The number of benzene rings is 1. The first-order chi connectivity index (χ1) is 12.1. The van der Waals surface area contributed by atoms with Crippen molar-refractivity contribution in [1.82, 2.24) is 9.88 Å². The fourth-order valence-electron chi connectivity index (χ4n) is 2.82. The molecule has 0 saturated carbocycles. The number of aromatic hydroxyl groups is 1. The smallest absolute Gasteiger partial charge is 0.267 e. The number of para-hydroxylation sites is 1. The molecule has 0 aliphatic heterocycles. The Bertz CT molecular complexity index is 849. The van der Waals surface area contributed by atoms with Gasteiger partial charge in [0, 0.05) is 18.5 Å². The molecule has 0 saturated heterocycles. The molecule has 6 nitrogen and oxygen atoms in total. The lowest BCUT2D eigenvalue weighted by atomic mass is 10.1. The number of rotatable bonds is 8. The molecule has 0 aliphatic rings. The van der Waals surface area contributed by atoms with Crippen molar-refractivity contribution < 1.29 is 9.90 Å². The highest BCUT2D eigenvalue weighted by Crippen LogP contribution is 2.26. The van der Waals surface area contributed by atoms with E-state index in [1.54, 1.807) is 24.3 Å². The highest BCUT2D eigenvalue weighted by atomic mass is 16.3. The van der Waals surface area contributed by atoms with Gasteiger partial charge in [0.15, 0.2) is 0 Å². The van der Waals surface area contributed by atoms with Crippen molar-refractivity contribution in [1.29, 1.82) is 5.26 Å². The summed E-state index contributed by atoms with van der Waals surface area (Å²) in [5.74, 6) is -0.879. The van der Waals surface area contributed by atoms with Crippen molar-refractivity contribution in [3.8, 4) is 11.8 Å². The van der Waals surface area contributed by atoms with Gasteiger partial charge in [-0.1, -0.05) is 38.3 Å². The molecule has 0 atom stereocenters. The van der Waals surface area contributed by atoms with Crippen LogP contribution in [0.15, 0.2) is 29.1 Å². The van der Waals surface area contributed by atoms with Gasteiger partial charge in [-0.15, -0.1) is 0 Å². The molecule has 0 radical (unpaired) electrons. The predicted octanol–water partition coefficient (Wildman–Crippen LogP) is 2.93. The van der Waals surface area contributed by atoms with Gasteiger partial charge in [-0.3, -0.25) is 9.59 Å². The van der Waals surface area contributed by atoms with Gasteiger partial charge < -0.3 is 15.0 Å². The second-order valence-electron chi connectivity index (χ2n) is 5.92. The summed E-state index contributed by atoms with van der Waals surface area (Å²) in [5.41, 5.74) is -0.315. The van der Waals surface area contributed by atoms with E-state index in [1.165, 1.54) is 4.57 Å². The molecule has 2 rings (SSSR count). The highest BCUT2D eigenvalue weighted by Gasteiger charge is 2.21. The van der Waals surface area contributed by atoms with Gasteiger partial charge in [0.1, 0.15) is 11.3 Å². The zero-order valence-corrected chi connectivity index (χ0v) is 14.4. The van der Waals surface area contributed by atoms with E-state index < -0.39 is 11.5 Å². The maximum atomic E-state index is 12.7. The van der Waals surface area contributed by atoms with Crippen LogP contribution in [0.3, 0.4) is 0 Å². The zero-order valence-electron chi connectivity index (χ0n) is 14.4. The van der Waals surface area contributed by atoms with Crippen molar-refractivity contribution in [2.75, 3.05) is 6.54 Å². The van der Waals surface area contributed by atoms with Crippen LogP contribution in [0.4, 0.5) is 0 Å². The number of unbranched alkanes of at least 4 members (excludes halogenated alkanes) is 3. The number of carbonyl (C=O) groups excluding carboxylic acids is 1. The van der Waals surface area contributed by atoms with Crippen LogP contribution >= 0.6 is 0 Å². The number of fused-ring (bicyclic) bond motifs is 1. The maximum absolute atomic E-state index is 12.7. The van der Waals surface area contributed by atoms with Crippen molar-refractivity contribution in [3.63, 3.8) is 0 Å². The van der Waals surface area contributed by atoms with Crippen LogP contribution in [-0.2, 0) is 6.54 Å². The molecule has 0 spiro atoms. The Morgan fingerprint density at radius 3 is 2.76 bits per heavy atom. The van der Waals surface area contributed by atoms with Gasteiger partial charge in [0.2, 0.25) is 0 Å². The molecule has 2 N–H and O–H groups in total. The number of nitrogens with one attached hydrogen (secondary N) is 1. The Balaban J connectivity index is 2.37. The minimum Gasteiger partial charge on any atom is -0.506 e. The lowest BCUT2D eigenvalue weighted by Gasteiger charge is -2.14. The third-order valence-corrected chi connectivity index (χ3v) is 4.14. The predicted molar refractivity (Wildman–Crippen MR) is 96.6 cm³/mol. The van der Waals surface area contributed by atoms with Gasteiger partial charge >= 0.3 is 0 Å². The molecule has 0 aliphatic carbocycles. The van der Waals surface area contributed by atoms with E-state index in [4.69, 9.17) is 5.26 Å². The number of hydrogen-bond acceptors (Lipinski definition) is 4. The molecule has 132 valence electrons. The minimum absolute atomic E-state index is 0.146. The Hall–Kier alpha value is -2.81. The van der Waals surface area contributed by atoms with Crippen LogP contribution in [0.5, 0.6) is 5.75 Å². The maximum Gasteiger partial charge on any atom is 0.267 e. The number of aryl methyl sites for hydroxylation is 1. The number of hydrogen-bond donors (Lipinski definition) is 2. The molecule has 1 heterocycles. The SMILES string of the molecule is CCCCCCNC(=O)c1c(O)c2ccccc2n(CCC#N)c1=O. The number of aromatic nitrogens is 1. The van der Waals surface area contributed by atoms with Crippen molar-refractivity contribution in [2.45, 2.75) is 45.6 Å². The summed E-state index contributed by atoms with van der Waals surface area (Å²) in [7, 11) is 0. The Labute approximate surface area is 146 Å². The lowest BCUT2D eigenvalue weighted by Crippen LogP contribution is -2.34. The average molecular weight is 341 g/mol. The summed E-state index contributed by atoms with van der Waals surface area (Å²) < 4.78 is 1.38. The van der Waals surface area contributed by atoms with Gasteiger partial charge in [-0.05, 0) is 18.6 Å². The fourth-order valence-corrected chi connectivity index (χ4v) is 2.82. The summed E-state index contributed by atoms with van der Waals surface area (Å²) in [6, 6.07) is 8.83.